The fraction of sp³-hybridized carbons (Fsp3) is 0.0526. The van der Waals surface area contributed by atoms with Crippen LogP contribution in [0.25, 0.3) is 0 Å². The zero-order chi connectivity index (χ0) is 19.4. The van der Waals surface area contributed by atoms with E-state index < -0.39 is 17.5 Å². The lowest BCUT2D eigenvalue weighted by Gasteiger charge is -2.12. The van der Waals surface area contributed by atoms with E-state index in [9.17, 15) is 13.6 Å². The number of nitrogens with zero attached hydrogens (tertiary/aromatic N) is 1. The van der Waals surface area contributed by atoms with Crippen LogP contribution in [0.3, 0.4) is 0 Å². The lowest BCUT2D eigenvalue weighted by molar-refractivity contribution is 0.102. The Morgan fingerprint density at radius 1 is 1.07 bits per heavy atom. The van der Waals surface area contributed by atoms with Gasteiger partial charge in [0.25, 0.3) is 5.91 Å². The molecule has 5 nitrogen and oxygen atoms in total. The zero-order valence-electron chi connectivity index (χ0n) is 14.1. The maximum atomic E-state index is 13.6. The summed E-state index contributed by atoms with van der Waals surface area (Å²) in [6.07, 6.45) is 1.44. The Kier molecular flexibility index (Phi) is 5.52. The smallest absolute Gasteiger partial charge is 0.274 e. The molecule has 0 atom stereocenters. The summed E-state index contributed by atoms with van der Waals surface area (Å²) in [6.45, 7) is 0. The molecule has 1 amide bonds. The standard InChI is InChI=1S/C19H14ClF2N3O2/c1-27-18-7-2-11(20)8-17(18)24-13-4-6-16(23-10-13)19(26)25-15-5-3-12(21)9-14(15)22/h2-10,24H,1H3,(H,25,26). The van der Waals surface area contributed by atoms with Gasteiger partial charge in [-0.15, -0.1) is 0 Å². The van der Waals surface area contributed by atoms with Gasteiger partial charge < -0.3 is 15.4 Å². The lowest BCUT2D eigenvalue weighted by atomic mass is 10.2. The largest absolute Gasteiger partial charge is 0.495 e. The highest BCUT2D eigenvalue weighted by molar-refractivity contribution is 6.31. The van der Waals surface area contributed by atoms with Crippen molar-refractivity contribution in [3.63, 3.8) is 0 Å². The van der Waals surface area contributed by atoms with Crippen molar-refractivity contribution >= 4 is 34.6 Å². The molecule has 0 fully saturated rings. The van der Waals surface area contributed by atoms with Crippen LogP contribution < -0.4 is 15.4 Å². The van der Waals surface area contributed by atoms with Crippen LogP contribution in [0, 0.1) is 11.6 Å². The number of methoxy groups -OCH3 is 1. The first-order chi connectivity index (χ1) is 13.0. The van der Waals surface area contributed by atoms with E-state index in [0.29, 0.717) is 28.2 Å². The Labute approximate surface area is 159 Å². The van der Waals surface area contributed by atoms with Gasteiger partial charge in [0.15, 0.2) is 0 Å². The van der Waals surface area contributed by atoms with Crippen LogP contribution in [0.2, 0.25) is 5.02 Å². The minimum absolute atomic E-state index is 0.0716. The molecular formula is C19H14ClF2N3O2. The minimum Gasteiger partial charge on any atom is -0.495 e. The van der Waals surface area contributed by atoms with Gasteiger partial charge in [-0.25, -0.2) is 13.8 Å². The van der Waals surface area contributed by atoms with E-state index in [0.717, 1.165) is 12.1 Å². The molecule has 3 aromatic rings. The maximum Gasteiger partial charge on any atom is 0.274 e. The Morgan fingerprint density at radius 3 is 2.56 bits per heavy atom. The normalized spacial score (nSPS) is 10.4. The number of benzene rings is 2. The third-order valence-electron chi connectivity index (χ3n) is 3.62. The van der Waals surface area contributed by atoms with Gasteiger partial charge in [-0.1, -0.05) is 11.6 Å². The topological polar surface area (TPSA) is 63.2 Å². The third-order valence-corrected chi connectivity index (χ3v) is 3.85. The van der Waals surface area contributed by atoms with Gasteiger partial charge in [-0.2, -0.15) is 0 Å². The Balaban J connectivity index is 1.73. The highest BCUT2D eigenvalue weighted by Crippen LogP contribution is 2.30. The van der Waals surface area contributed by atoms with Gasteiger partial charge in [0.05, 0.1) is 30.4 Å². The first-order valence-corrected chi connectivity index (χ1v) is 8.17. The van der Waals surface area contributed by atoms with Gasteiger partial charge in [-0.3, -0.25) is 4.79 Å². The zero-order valence-corrected chi connectivity index (χ0v) is 14.8. The summed E-state index contributed by atoms with van der Waals surface area (Å²) in [4.78, 5) is 16.2. The van der Waals surface area contributed by atoms with Crippen LogP contribution in [0.4, 0.5) is 25.8 Å². The molecule has 2 aromatic carbocycles. The minimum atomic E-state index is -0.866. The van der Waals surface area contributed by atoms with Crippen molar-refractivity contribution in [1.29, 1.82) is 0 Å². The monoisotopic (exact) mass is 389 g/mol. The summed E-state index contributed by atoms with van der Waals surface area (Å²) in [5.74, 6) is -1.62. The lowest BCUT2D eigenvalue weighted by Crippen LogP contribution is -2.14. The number of amides is 1. The number of rotatable bonds is 5. The molecule has 1 aromatic heterocycles. The van der Waals surface area contributed by atoms with E-state index in [1.807, 2.05) is 0 Å². The summed E-state index contributed by atoms with van der Waals surface area (Å²) in [5, 5.41) is 5.97. The summed E-state index contributed by atoms with van der Waals surface area (Å²) in [6, 6.07) is 11.1. The average molecular weight is 390 g/mol. The second-order valence-electron chi connectivity index (χ2n) is 5.48. The predicted octanol–water partition coefficient (Wildman–Crippen LogP) is 5.02. The highest BCUT2D eigenvalue weighted by Gasteiger charge is 2.12. The molecule has 3 rings (SSSR count). The molecule has 0 saturated carbocycles. The molecule has 0 saturated heterocycles. The average Bonchev–Trinajstić information content (AvgIpc) is 2.65. The van der Waals surface area contributed by atoms with Crippen LogP contribution in [0.5, 0.6) is 5.75 Å². The Morgan fingerprint density at radius 2 is 1.89 bits per heavy atom. The number of carbonyl (C=O) groups is 1. The van der Waals surface area contributed by atoms with E-state index in [1.54, 1.807) is 24.3 Å². The van der Waals surface area contributed by atoms with Gasteiger partial charge in [0.2, 0.25) is 0 Å². The number of aromatic nitrogens is 1. The maximum absolute atomic E-state index is 13.6. The summed E-state index contributed by atoms with van der Waals surface area (Å²) in [7, 11) is 1.54. The second kappa shape index (κ2) is 8.01. The van der Waals surface area contributed by atoms with Gasteiger partial charge >= 0.3 is 0 Å². The molecule has 1 heterocycles. The molecule has 0 radical (unpaired) electrons. The molecule has 138 valence electrons. The molecule has 0 unspecified atom stereocenters. The van der Waals surface area contributed by atoms with Crippen LogP contribution in [0.1, 0.15) is 10.5 Å². The van der Waals surface area contributed by atoms with Gasteiger partial charge in [-0.05, 0) is 42.5 Å². The third kappa shape index (κ3) is 4.51. The fourth-order valence-electron chi connectivity index (χ4n) is 2.31. The molecule has 8 heteroatoms. The van der Waals surface area contributed by atoms with Crippen molar-refractivity contribution < 1.29 is 18.3 Å². The molecule has 0 aliphatic heterocycles. The molecular weight excluding hydrogens is 376 g/mol. The van der Waals surface area contributed by atoms with Crippen molar-refractivity contribution in [1.82, 2.24) is 4.98 Å². The van der Waals surface area contributed by atoms with Crippen molar-refractivity contribution in [2.75, 3.05) is 17.7 Å². The number of nitrogens with one attached hydrogen (secondary N) is 2. The number of hydrogen-bond acceptors (Lipinski definition) is 4. The van der Waals surface area contributed by atoms with Crippen molar-refractivity contribution in [2.24, 2.45) is 0 Å². The summed E-state index contributed by atoms with van der Waals surface area (Å²) >= 11 is 5.99. The summed E-state index contributed by atoms with van der Waals surface area (Å²) < 4.78 is 31.8. The Hall–Kier alpha value is -3.19. The van der Waals surface area contributed by atoms with Crippen LogP contribution in [-0.4, -0.2) is 18.0 Å². The molecule has 0 spiro atoms. The molecule has 2 N–H and O–H groups in total. The van der Waals surface area contributed by atoms with E-state index >= 15 is 0 Å². The first kappa shape index (κ1) is 18.6. The molecule has 27 heavy (non-hydrogen) atoms. The number of pyridine rings is 1. The number of halogens is 3. The van der Waals surface area contributed by atoms with Crippen LogP contribution in [0.15, 0.2) is 54.7 Å². The fourth-order valence-corrected chi connectivity index (χ4v) is 2.48. The van der Waals surface area contributed by atoms with E-state index in [1.165, 1.54) is 19.4 Å². The van der Waals surface area contributed by atoms with E-state index in [4.69, 9.17) is 16.3 Å². The Bertz CT molecular complexity index is 981. The number of anilines is 3. The molecule has 0 aliphatic rings. The van der Waals surface area contributed by atoms with Gasteiger partial charge in [0, 0.05) is 11.1 Å². The SMILES string of the molecule is COc1ccc(Cl)cc1Nc1ccc(C(=O)Nc2ccc(F)cc2F)nc1. The van der Waals surface area contributed by atoms with Crippen molar-refractivity contribution in [2.45, 2.75) is 0 Å². The van der Waals surface area contributed by atoms with Crippen molar-refractivity contribution in [3.05, 3.63) is 77.1 Å². The van der Waals surface area contributed by atoms with E-state index in [-0.39, 0.29) is 11.4 Å². The van der Waals surface area contributed by atoms with Gasteiger partial charge in [0.1, 0.15) is 23.1 Å². The van der Waals surface area contributed by atoms with E-state index in [2.05, 4.69) is 15.6 Å². The molecule has 0 bridgehead atoms. The number of carbonyl (C=O) groups excluding carboxylic acids is 1. The second-order valence-corrected chi connectivity index (χ2v) is 5.92. The summed E-state index contributed by atoms with van der Waals surface area (Å²) in [5.41, 5.74) is 1.17. The predicted molar refractivity (Wildman–Crippen MR) is 99.8 cm³/mol. The van der Waals surface area contributed by atoms with Crippen molar-refractivity contribution in [3.8, 4) is 5.75 Å². The highest BCUT2D eigenvalue weighted by atomic mass is 35.5. The first-order valence-electron chi connectivity index (χ1n) is 7.79. The number of ether oxygens (including phenoxy) is 1. The van der Waals surface area contributed by atoms with Crippen LogP contribution >= 0.6 is 11.6 Å². The molecule has 0 aliphatic carbocycles. The quantitative estimate of drug-likeness (QED) is 0.643. The number of hydrogen-bond donors (Lipinski definition) is 2. The van der Waals surface area contributed by atoms with Crippen LogP contribution in [-0.2, 0) is 0 Å².